The molecule has 0 fully saturated rings. The fraction of sp³-hybridized carbons (Fsp3) is 0.200. The highest BCUT2D eigenvalue weighted by molar-refractivity contribution is 5.43. The van der Waals surface area contributed by atoms with Crippen LogP contribution in [0.2, 0.25) is 0 Å². The molecule has 0 aliphatic carbocycles. The first kappa shape index (κ1) is 14.3. The summed E-state index contributed by atoms with van der Waals surface area (Å²) in [5.74, 6) is -1.86. The number of halogens is 2. The van der Waals surface area contributed by atoms with Gasteiger partial charge in [-0.2, -0.15) is 0 Å². The predicted molar refractivity (Wildman–Crippen MR) is 72.6 cm³/mol. The van der Waals surface area contributed by atoms with Crippen LogP contribution in [-0.4, -0.2) is 12.2 Å². The van der Waals surface area contributed by atoms with Crippen molar-refractivity contribution in [1.82, 2.24) is 0 Å². The molecule has 0 atom stereocenters. The molecule has 0 aromatic heterocycles. The molecule has 2 aromatic carbocycles. The first-order valence-corrected chi connectivity index (χ1v) is 6.12. The summed E-state index contributed by atoms with van der Waals surface area (Å²) in [5, 5.41) is 12.1. The molecule has 5 heteroatoms. The lowest BCUT2D eigenvalue weighted by molar-refractivity contribution is 0.256. The quantitative estimate of drug-likeness (QED) is 0.883. The maximum absolute atomic E-state index is 13.2. The van der Waals surface area contributed by atoms with E-state index < -0.39 is 18.2 Å². The Morgan fingerprint density at radius 3 is 2.35 bits per heavy atom. The SMILES string of the molecule is CNc1ccc(COc2cc(F)c(F)cc2CO)cc1. The summed E-state index contributed by atoms with van der Waals surface area (Å²) >= 11 is 0. The zero-order valence-corrected chi connectivity index (χ0v) is 11.0. The van der Waals surface area contributed by atoms with E-state index in [2.05, 4.69) is 5.32 Å². The molecule has 0 aliphatic rings. The smallest absolute Gasteiger partial charge is 0.162 e. The second-order valence-electron chi connectivity index (χ2n) is 4.27. The molecule has 0 unspecified atom stereocenters. The van der Waals surface area contributed by atoms with Crippen LogP contribution in [0.25, 0.3) is 0 Å². The average Bonchev–Trinajstić information content (AvgIpc) is 2.48. The molecule has 2 aromatic rings. The minimum atomic E-state index is -1.00. The standard InChI is InChI=1S/C15H15F2NO2/c1-18-12-4-2-10(3-5-12)9-20-15-7-14(17)13(16)6-11(15)8-19/h2-7,18-19H,8-9H2,1H3. The number of benzene rings is 2. The Kier molecular flexibility index (Phi) is 4.53. The number of anilines is 1. The van der Waals surface area contributed by atoms with Crippen molar-refractivity contribution in [2.75, 3.05) is 12.4 Å². The van der Waals surface area contributed by atoms with E-state index in [9.17, 15) is 8.78 Å². The van der Waals surface area contributed by atoms with Crippen LogP contribution in [0, 0.1) is 11.6 Å². The van der Waals surface area contributed by atoms with Crippen molar-refractivity contribution in [2.24, 2.45) is 0 Å². The van der Waals surface area contributed by atoms with Crippen LogP contribution in [0.15, 0.2) is 36.4 Å². The summed E-state index contributed by atoms with van der Waals surface area (Å²) in [6.45, 7) is -0.201. The maximum atomic E-state index is 13.2. The summed E-state index contributed by atoms with van der Waals surface area (Å²) < 4.78 is 31.7. The van der Waals surface area contributed by atoms with Crippen molar-refractivity contribution in [3.8, 4) is 5.75 Å². The van der Waals surface area contributed by atoms with Crippen LogP contribution in [0.5, 0.6) is 5.75 Å². The van der Waals surface area contributed by atoms with E-state index in [1.54, 1.807) is 0 Å². The van der Waals surface area contributed by atoms with E-state index in [0.717, 1.165) is 23.4 Å². The lowest BCUT2D eigenvalue weighted by Gasteiger charge is -2.11. The maximum Gasteiger partial charge on any atom is 0.162 e. The molecular formula is C15H15F2NO2. The van der Waals surface area contributed by atoms with Gasteiger partial charge >= 0.3 is 0 Å². The van der Waals surface area contributed by atoms with Crippen molar-refractivity contribution >= 4 is 5.69 Å². The van der Waals surface area contributed by atoms with Gasteiger partial charge in [-0.05, 0) is 23.8 Å². The summed E-state index contributed by atoms with van der Waals surface area (Å²) in [6, 6.07) is 9.39. The predicted octanol–water partition coefficient (Wildman–Crippen LogP) is 3.08. The van der Waals surface area contributed by atoms with Gasteiger partial charge in [-0.1, -0.05) is 12.1 Å². The van der Waals surface area contributed by atoms with Crippen molar-refractivity contribution in [2.45, 2.75) is 13.2 Å². The van der Waals surface area contributed by atoms with E-state index in [1.807, 2.05) is 31.3 Å². The lowest BCUT2D eigenvalue weighted by atomic mass is 10.2. The second-order valence-corrected chi connectivity index (χ2v) is 4.27. The van der Waals surface area contributed by atoms with Gasteiger partial charge in [0.25, 0.3) is 0 Å². The molecular weight excluding hydrogens is 264 g/mol. The molecule has 2 rings (SSSR count). The zero-order chi connectivity index (χ0) is 14.5. The Labute approximate surface area is 115 Å². The fourth-order valence-corrected chi connectivity index (χ4v) is 1.76. The van der Waals surface area contributed by atoms with Gasteiger partial charge in [-0.3, -0.25) is 0 Å². The van der Waals surface area contributed by atoms with Gasteiger partial charge in [0.2, 0.25) is 0 Å². The molecule has 0 spiro atoms. The molecule has 0 saturated carbocycles. The lowest BCUT2D eigenvalue weighted by Crippen LogP contribution is -2.01. The Hall–Kier alpha value is -2.14. The van der Waals surface area contributed by atoms with Gasteiger partial charge in [0.15, 0.2) is 11.6 Å². The zero-order valence-electron chi connectivity index (χ0n) is 11.0. The van der Waals surface area contributed by atoms with Crippen LogP contribution in [0.3, 0.4) is 0 Å². The van der Waals surface area contributed by atoms with E-state index >= 15 is 0 Å². The van der Waals surface area contributed by atoms with Crippen molar-refractivity contribution in [3.05, 3.63) is 59.2 Å². The monoisotopic (exact) mass is 279 g/mol. The molecule has 20 heavy (non-hydrogen) atoms. The van der Waals surface area contributed by atoms with Crippen LogP contribution in [0.4, 0.5) is 14.5 Å². The molecule has 106 valence electrons. The van der Waals surface area contributed by atoms with Crippen LogP contribution in [0.1, 0.15) is 11.1 Å². The summed E-state index contributed by atoms with van der Waals surface area (Å²) in [6.07, 6.45) is 0. The summed E-state index contributed by atoms with van der Waals surface area (Å²) in [5.41, 5.74) is 2.07. The van der Waals surface area contributed by atoms with Crippen LogP contribution < -0.4 is 10.1 Å². The Morgan fingerprint density at radius 2 is 1.75 bits per heavy atom. The van der Waals surface area contributed by atoms with E-state index in [1.165, 1.54) is 0 Å². The van der Waals surface area contributed by atoms with Gasteiger partial charge < -0.3 is 15.2 Å². The van der Waals surface area contributed by atoms with E-state index in [0.29, 0.717) is 0 Å². The minimum Gasteiger partial charge on any atom is -0.488 e. The van der Waals surface area contributed by atoms with Gasteiger partial charge in [0, 0.05) is 24.4 Å². The first-order valence-electron chi connectivity index (χ1n) is 6.12. The number of aliphatic hydroxyl groups is 1. The van der Waals surface area contributed by atoms with E-state index in [4.69, 9.17) is 9.84 Å². The highest BCUT2D eigenvalue weighted by Crippen LogP contribution is 2.23. The Bertz CT molecular complexity index is 585. The highest BCUT2D eigenvalue weighted by atomic mass is 19.2. The van der Waals surface area contributed by atoms with Crippen LogP contribution in [-0.2, 0) is 13.2 Å². The average molecular weight is 279 g/mol. The third kappa shape index (κ3) is 3.24. The normalized spacial score (nSPS) is 10.4. The van der Waals surface area contributed by atoms with Gasteiger partial charge in [-0.15, -0.1) is 0 Å². The number of hydrogen-bond acceptors (Lipinski definition) is 3. The largest absolute Gasteiger partial charge is 0.488 e. The Morgan fingerprint density at radius 1 is 1.10 bits per heavy atom. The summed E-state index contributed by atoms with van der Waals surface area (Å²) in [4.78, 5) is 0. The molecule has 0 saturated heterocycles. The van der Waals surface area contributed by atoms with Gasteiger partial charge in [-0.25, -0.2) is 8.78 Å². The first-order chi connectivity index (χ1) is 9.63. The molecule has 3 nitrogen and oxygen atoms in total. The van der Waals surface area contributed by atoms with Gasteiger partial charge in [0.05, 0.1) is 6.61 Å². The molecule has 0 heterocycles. The van der Waals surface area contributed by atoms with Crippen LogP contribution >= 0.6 is 0 Å². The number of aliphatic hydroxyl groups excluding tert-OH is 1. The summed E-state index contributed by atoms with van der Waals surface area (Å²) in [7, 11) is 1.82. The Balaban J connectivity index is 2.11. The minimum absolute atomic E-state index is 0.143. The number of ether oxygens (including phenoxy) is 1. The topological polar surface area (TPSA) is 41.5 Å². The molecule has 2 N–H and O–H groups in total. The van der Waals surface area contributed by atoms with Crippen molar-refractivity contribution < 1.29 is 18.6 Å². The molecule has 0 aliphatic heterocycles. The molecule has 0 bridgehead atoms. The number of rotatable bonds is 5. The molecule has 0 amide bonds. The van der Waals surface area contributed by atoms with E-state index in [-0.39, 0.29) is 17.9 Å². The molecule has 0 radical (unpaired) electrons. The second kappa shape index (κ2) is 6.34. The van der Waals surface area contributed by atoms with Crippen molar-refractivity contribution in [1.29, 1.82) is 0 Å². The third-order valence-corrected chi connectivity index (χ3v) is 2.91. The van der Waals surface area contributed by atoms with Gasteiger partial charge in [0.1, 0.15) is 12.4 Å². The van der Waals surface area contributed by atoms with Crippen molar-refractivity contribution in [3.63, 3.8) is 0 Å². The number of hydrogen-bond donors (Lipinski definition) is 2. The number of nitrogens with one attached hydrogen (secondary N) is 1. The third-order valence-electron chi connectivity index (χ3n) is 2.91. The highest BCUT2D eigenvalue weighted by Gasteiger charge is 2.10. The fourth-order valence-electron chi connectivity index (χ4n) is 1.76.